The molecule has 0 saturated heterocycles. The van der Waals surface area contributed by atoms with E-state index in [1.165, 1.54) is 6.92 Å². The van der Waals surface area contributed by atoms with Crippen LogP contribution in [-0.4, -0.2) is 15.0 Å². The first-order chi connectivity index (χ1) is 6.97. The van der Waals surface area contributed by atoms with Crippen LogP contribution in [0.15, 0.2) is 6.07 Å². The third kappa shape index (κ3) is 2.24. The van der Waals surface area contributed by atoms with Gasteiger partial charge in [-0.05, 0) is 12.5 Å². The molecule has 1 heterocycles. The van der Waals surface area contributed by atoms with Gasteiger partial charge in [-0.1, -0.05) is 0 Å². The third-order valence-corrected chi connectivity index (χ3v) is 1.86. The van der Waals surface area contributed by atoms with Gasteiger partial charge in [0.2, 0.25) is 0 Å². The Balaban J connectivity index is 3.35. The number of aliphatic hydroxyl groups excluding tert-OH is 1. The van der Waals surface area contributed by atoms with E-state index in [0.29, 0.717) is 0 Å². The number of pyridine rings is 1. The van der Waals surface area contributed by atoms with Crippen LogP contribution in [0.5, 0.6) is 0 Å². The second-order valence-electron chi connectivity index (χ2n) is 2.87. The Morgan fingerprint density at radius 3 is 2.67 bits per heavy atom. The molecule has 1 aromatic rings. The normalized spacial score (nSPS) is 10.7. The highest BCUT2D eigenvalue weighted by Crippen LogP contribution is 2.26. The molecule has 0 aliphatic rings. The van der Waals surface area contributed by atoms with Gasteiger partial charge in [0, 0.05) is 6.07 Å². The van der Waals surface area contributed by atoms with Gasteiger partial charge in [0.1, 0.15) is 11.4 Å². The van der Waals surface area contributed by atoms with Crippen LogP contribution in [0, 0.1) is 17.0 Å². The van der Waals surface area contributed by atoms with E-state index in [1.807, 2.05) is 0 Å². The van der Waals surface area contributed by atoms with Gasteiger partial charge < -0.3 is 5.11 Å². The fourth-order valence-electron chi connectivity index (χ4n) is 1.15. The number of aryl methyl sites for hydroxylation is 1. The highest BCUT2D eigenvalue weighted by atomic mass is 19.3. The summed E-state index contributed by atoms with van der Waals surface area (Å²) in [7, 11) is 0. The van der Waals surface area contributed by atoms with Crippen LogP contribution in [0.25, 0.3) is 0 Å². The lowest BCUT2D eigenvalue weighted by atomic mass is 10.1. The molecule has 5 nitrogen and oxygen atoms in total. The number of alkyl halides is 2. The number of nitro groups is 1. The van der Waals surface area contributed by atoms with Crippen molar-refractivity contribution >= 4 is 5.69 Å². The Kier molecular flexibility index (Phi) is 3.25. The molecule has 0 aromatic carbocycles. The lowest BCUT2D eigenvalue weighted by Crippen LogP contribution is -2.04. The van der Waals surface area contributed by atoms with Crippen molar-refractivity contribution in [2.45, 2.75) is 20.0 Å². The average molecular weight is 218 g/mol. The van der Waals surface area contributed by atoms with Crippen molar-refractivity contribution < 1.29 is 18.8 Å². The van der Waals surface area contributed by atoms with E-state index in [9.17, 15) is 18.9 Å². The maximum atomic E-state index is 12.4. The molecule has 0 aliphatic heterocycles. The Labute approximate surface area is 83.5 Å². The number of nitrogens with zero attached hydrogens (tertiary/aromatic N) is 2. The van der Waals surface area contributed by atoms with E-state index in [4.69, 9.17) is 5.11 Å². The zero-order valence-corrected chi connectivity index (χ0v) is 7.78. The zero-order chi connectivity index (χ0) is 11.6. The first-order valence-corrected chi connectivity index (χ1v) is 4.01. The summed E-state index contributed by atoms with van der Waals surface area (Å²) < 4.78 is 24.7. The van der Waals surface area contributed by atoms with Crippen molar-refractivity contribution in [3.8, 4) is 0 Å². The van der Waals surface area contributed by atoms with Gasteiger partial charge >= 0.3 is 0 Å². The van der Waals surface area contributed by atoms with Crippen molar-refractivity contribution in [1.29, 1.82) is 0 Å². The molecule has 1 rings (SSSR count). The molecule has 0 radical (unpaired) electrons. The first-order valence-electron chi connectivity index (χ1n) is 4.01. The minimum atomic E-state index is -2.81. The molecule has 1 aromatic heterocycles. The van der Waals surface area contributed by atoms with Gasteiger partial charge in [-0.2, -0.15) is 0 Å². The molecule has 0 atom stereocenters. The van der Waals surface area contributed by atoms with Gasteiger partial charge in [0.05, 0.1) is 11.5 Å². The van der Waals surface area contributed by atoms with Crippen LogP contribution in [0.3, 0.4) is 0 Å². The fourth-order valence-corrected chi connectivity index (χ4v) is 1.15. The summed E-state index contributed by atoms with van der Waals surface area (Å²) in [6.07, 6.45) is -2.81. The first kappa shape index (κ1) is 11.4. The van der Waals surface area contributed by atoms with Crippen LogP contribution in [-0.2, 0) is 6.61 Å². The lowest BCUT2D eigenvalue weighted by Gasteiger charge is -2.06. The number of rotatable bonds is 3. The standard InChI is InChI=1S/C8H8F2N2O3/c1-4-2-6(12(14)15)5(3-13)11-7(4)8(9)10/h2,8,13H,3H2,1H3. The summed E-state index contributed by atoms with van der Waals surface area (Å²) in [4.78, 5) is 13.1. The summed E-state index contributed by atoms with van der Waals surface area (Å²) in [6.45, 7) is 0.568. The van der Waals surface area contributed by atoms with Crippen molar-refractivity contribution in [3.63, 3.8) is 0 Å². The predicted octanol–water partition coefficient (Wildman–Crippen LogP) is 1.73. The number of hydrogen-bond donors (Lipinski definition) is 1. The van der Waals surface area contributed by atoms with Crippen LogP contribution in [0.2, 0.25) is 0 Å². The quantitative estimate of drug-likeness (QED) is 0.619. The van der Waals surface area contributed by atoms with E-state index < -0.39 is 29.3 Å². The number of aliphatic hydroxyl groups is 1. The molecular weight excluding hydrogens is 210 g/mol. The Hall–Kier alpha value is -1.63. The van der Waals surface area contributed by atoms with Crippen LogP contribution < -0.4 is 0 Å². The minimum Gasteiger partial charge on any atom is -0.390 e. The molecule has 0 spiro atoms. The molecule has 0 saturated carbocycles. The number of aromatic nitrogens is 1. The van der Waals surface area contributed by atoms with E-state index in [2.05, 4.69) is 4.98 Å². The monoisotopic (exact) mass is 218 g/mol. The zero-order valence-electron chi connectivity index (χ0n) is 7.78. The smallest absolute Gasteiger partial charge is 0.293 e. The maximum absolute atomic E-state index is 12.4. The fraction of sp³-hybridized carbons (Fsp3) is 0.375. The molecule has 7 heteroatoms. The van der Waals surface area contributed by atoms with Crippen molar-refractivity contribution in [3.05, 3.63) is 33.1 Å². The van der Waals surface area contributed by atoms with Crippen LogP contribution in [0.4, 0.5) is 14.5 Å². The average Bonchev–Trinajstić information content (AvgIpc) is 2.16. The van der Waals surface area contributed by atoms with Gasteiger partial charge in [-0.3, -0.25) is 10.1 Å². The number of halogens is 2. The topological polar surface area (TPSA) is 76.3 Å². The highest BCUT2D eigenvalue weighted by molar-refractivity contribution is 5.40. The Morgan fingerprint density at radius 2 is 2.27 bits per heavy atom. The molecule has 0 aliphatic carbocycles. The summed E-state index contributed by atoms with van der Waals surface area (Å²) in [6, 6.07) is 0.986. The second-order valence-corrected chi connectivity index (χ2v) is 2.87. The van der Waals surface area contributed by atoms with Crippen molar-refractivity contribution in [2.75, 3.05) is 0 Å². The van der Waals surface area contributed by atoms with Crippen molar-refractivity contribution in [2.24, 2.45) is 0 Å². The largest absolute Gasteiger partial charge is 0.390 e. The summed E-state index contributed by atoms with van der Waals surface area (Å²) in [5.41, 5.74) is -1.29. The summed E-state index contributed by atoms with van der Waals surface area (Å²) >= 11 is 0. The molecular formula is C8H8F2N2O3. The van der Waals surface area contributed by atoms with Crippen LogP contribution >= 0.6 is 0 Å². The molecule has 0 fully saturated rings. The molecule has 0 unspecified atom stereocenters. The maximum Gasteiger partial charge on any atom is 0.293 e. The van der Waals surface area contributed by atoms with Gasteiger partial charge in [-0.25, -0.2) is 13.8 Å². The van der Waals surface area contributed by atoms with Crippen molar-refractivity contribution in [1.82, 2.24) is 4.98 Å². The summed E-state index contributed by atoms with van der Waals surface area (Å²) in [5, 5.41) is 19.2. The molecule has 82 valence electrons. The minimum absolute atomic E-state index is 0.0360. The third-order valence-electron chi connectivity index (χ3n) is 1.86. The Bertz CT molecular complexity index is 396. The highest BCUT2D eigenvalue weighted by Gasteiger charge is 2.21. The van der Waals surface area contributed by atoms with E-state index >= 15 is 0 Å². The van der Waals surface area contributed by atoms with Gasteiger partial charge in [0.25, 0.3) is 12.1 Å². The molecule has 0 bridgehead atoms. The summed E-state index contributed by atoms with van der Waals surface area (Å²) in [5.74, 6) is 0. The van der Waals surface area contributed by atoms with E-state index in [1.54, 1.807) is 0 Å². The second kappa shape index (κ2) is 4.26. The van der Waals surface area contributed by atoms with Gasteiger partial charge in [0.15, 0.2) is 0 Å². The van der Waals surface area contributed by atoms with Crippen LogP contribution in [0.1, 0.15) is 23.4 Å². The SMILES string of the molecule is Cc1cc([N+](=O)[O-])c(CO)nc1C(F)F. The van der Waals surface area contributed by atoms with E-state index in [0.717, 1.165) is 6.07 Å². The lowest BCUT2D eigenvalue weighted by molar-refractivity contribution is -0.386. The Morgan fingerprint density at radius 1 is 1.67 bits per heavy atom. The molecule has 0 amide bonds. The molecule has 1 N–H and O–H groups in total. The van der Waals surface area contributed by atoms with E-state index in [-0.39, 0.29) is 11.3 Å². The molecule has 15 heavy (non-hydrogen) atoms. The predicted molar refractivity (Wildman–Crippen MR) is 46.5 cm³/mol. The number of hydrogen-bond acceptors (Lipinski definition) is 4. The van der Waals surface area contributed by atoms with Gasteiger partial charge in [-0.15, -0.1) is 0 Å².